The second-order valence-electron chi connectivity index (χ2n) is 5.19. The second-order valence-corrected chi connectivity index (χ2v) is 6.51. The molecule has 0 saturated heterocycles. The van der Waals surface area contributed by atoms with Crippen LogP contribution in [0.2, 0.25) is 5.02 Å². The lowest BCUT2D eigenvalue weighted by Crippen LogP contribution is -2.30. The highest BCUT2D eigenvalue weighted by molar-refractivity contribution is 9.10. The molecule has 2 aromatic carbocycles. The van der Waals surface area contributed by atoms with E-state index < -0.39 is 0 Å². The Bertz CT molecular complexity index is 750. The molecule has 0 bridgehead atoms. The molecule has 2 N–H and O–H groups in total. The summed E-state index contributed by atoms with van der Waals surface area (Å²) < 4.78 is 0.990. The van der Waals surface area contributed by atoms with Gasteiger partial charge in [0.25, 0.3) is 5.91 Å². The summed E-state index contributed by atoms with van der Waals surface area (Å²) in [5.41, 5.74) is 1.91. The van der Waals surface area contributed by atoms with E-state index in [0.717, 1.165) is 10.0 Å². The van der Waals surface area contributed by atoms with E-state index in [1.165, 1.54) is 7.05 Å². The first-order chi connectivity index (χ1) is 11.4. The van der Waals surface area contributed by atoms with Crippen molar-refractivity contribution in [1.29, 1.82) is 0 Å². The highest BCUT2D eigenvalue weighted by Gasteiger charge is 2.12. The van der Waals surface area contributed by atoms with E-state index in [1.807, 2.05) is 24.3 Å². The minimum atomic E-state index is -0.273. The zero-order chi connectivity index (χ0) is 17.7. The zero-order valence-corrected chi connectivity index (χ0v) is 15.6. The monoisotopic (exact) mass is 409 g/mol. The maximum Gasteiger partial charge on any atom is 0.321 e. The Balaban J connectivity index is 2.02. The molecule has 0 aliphatic heterocycles. The summed E-state index contributed by atoms with van der Waals surface area (Å²) in [4.78, 5) is 25.4. The lowest BCUT2D eigenvalue weighted by atomic mass is 10.2. The van der Waals surface area contributed by atoms with E-state index in [4.69, 9.17) is 11.6 Å². The van der Waals surface area contributed by atoms with Gasteiger partial charge in [0.1, 0.15) is 0 Å². The van der Waals surface area contributed by atoms with Crippen LogP contribution in [-0.4, -0.2) is 30.9 Å². The molecule has 0 radical (unpaired) electrons. The molecule has 2 aromatic rings. The molecule has 0 fully saturated rings. The van der Waals surface area contributed by atoms with Crippen molar-refractivity contribution in [2.75, 3.05) is 19.4 Å². The third-order valence-electron chi connectivity index (χ3n) is 3.37. The molecule has 3 amide bonds. The van der Waals surface area contributed by atoms with E-state index in [1.54, 1.807) is 30.1 Å². The van der Waals surface area contributed by atoms with E-state index >= 15 is 0 Å². The third kappa shape index (κ3) is 4.72. The van der Waals surface area contributed by atoms with Crippen molar-refractivity contribution in [1.82, 2.24) is 10.2 Å². The van der Waals surface area contributed by atoms with Crippen LogP contribution in [0.1, 0.15) is 15.9 Å². The first kappa shape index (κ1) is 18.3. The number of urea groups is 1. The van der Waals surface area contributed by atoms with Crippen LogP contribution >= 0.6 is 27.5 Å². The standard InChI is InChI=1S/C17H17BrClN3O2/c1-20-16(23)14-8-7-13(9-15(14)19)21-17(24)22(2)10-11-3-5-12(18)6-4-11/h3-9H,10H2,1-2H3,(H,20,23)(H,21,24). The molecule has 0 unspecified atom stereocenters. The van der Waals surface area contributed by atoms with Gasteiger partial charge in [-0.1, -0.05) is 39.7 Å². The summed E-state index contributed by atoms with van der Waals surface area (Å²) in [6, 6.07) is 12.3. The van der Waals surface area contributed by atoms with Gasteiger partial charge in [-0.25, -0.2) is 4.79 Å². The SMILES string of the molecule is CNC(=O)c1ccc(NC(=O)N(C)Cc2ccc(Br)cc2)cc1Cl. The van der Waals surface area contributed by atoms with Crippen molar-refractivity contribution in [3.05, 3.63) is 63.1 Å². The van der Waals surface area contributed by atoms with Gasteiger partial charge in [-0.3, -0.25) is 4.79 Å². The van der Waals surface area contributed by atoms with E-state index in [0.29, 0.717) is 17.8 Å². The van der Waals surface area contributed by atoms with Crippen molar-refractivity contribution in [2.45, 2.75) is 6.54 Å². The van der Waals surface area contributed by atoms with Crippen LogP contribution in [0.3, 0.4) is 0 Å². The van der Waals surface area contributed by atoms with Gasteiger partial charge in [0.2, 0.25) is 0 Å². The first-order valence-corrected chi connectivity index (χ1v) is 8.36. The smallest absolute Gasteiger partial charge is 0.321 e. The molecule has 0 aromatic heterocycles. The summed E-state index contributed by atoms with van der Waals surface area (Å²) in [6.45, 7) is 0.475. The van der Waals surface area contributed by atoms with Crippen molar-refractivity contribution in [3.63, 3.8) is 0 Å². The number of anilines is 1. The van der Waals surface area contributed by atoms with E-state index in [-0.39, 0.29) is 17.0 Å². The first-order valence-electron chi connectivity index (χ1n) is 7.19. The Morgan fingerprint density at radius 2 is 1.83 bits per heavy atom. The number of carbonyl (C=O) groups is 2. The number of nitrogens with one attached hydrogen (secondary N) is 2. The quantitative estimate of drug-likeness (QED) is 0.796. The van der Waals surface area contributed by atoms with Gasteiger partial charge in [0, 0.05) is 30.8 Å². The number of amides is 3. The van der Waals surface area contributed by atoms with Crippen LogP contribution in [0.4, 0.5) is 10.5 Å². The van der Waals surface area contributed by atoms with Gasteiger partial charge in [0.15, 0.2) is 0 Å². The third-order valence-corrected chi connectivity index (χ3v) is 4.21. The molecule has 126 valence electrons. The molecule has 2 rings (SSSR count). The maximum absolute atomic E-state index is 12.3. The minimum Gasteiger partial charge on any atom is -0.355 e. The average molecular weight is 411 g/mol. The van der Waals surface area contributed by atoms with Crippen LogP contribution in [0, 0.1) is 0 Å². The molecule has 24 heavy (non-hydrogen) atoms. The molecular weight excluding hydrogens is 394 g/mol. The van der Waals surface area contributed by atoms with Crippen molar-refractivity contribution in [2.24, 2.45) is 0 Å². The molecule has 7 heteroatoms. The van der Waals surface area contributed by atoms with Crippen molar-refractivity contribution >= 4 is 45.2 Å². The lowest BCUT2D eigenvalue weighted by molar-refractivity contribution is 0.0963. The van der Waals surface area contributed by atoms with Gasteiger partial charge in [-0.15, -0.1) is 0 Å². The summed E-state index contributed by atoms with van der Waals surface area (Å²) in [6.07, 6.45) is 0. The fraction of sp³-hybridized carbons (Fsp3) is 0.176. The zero-order valence-electron chi connectivity index (χ0n) is 13.3. The Morgan fingerprint density at radius 3 is 2.42 bits per heavy atom. The predicted molar refractivity (Wildman–Crippen MR) is 99.5 cm³/mol. The number of benzene rings is 2. The maximum atomic E-state index is 12.3. The molecule has 0 spiro atoms. The molecule has 0 aliphatic carbocycles. The molecule has 0 aliphatic rings. The summed E-state index contributed by atoms with van der Waals surface area (Å²) in [7, 11) is 3.24. The van der Waals surface area contributed by atoms with E-state index in [2.05, 4.69) is 26.6 Å². The molecule has 0 saturated carbocycles. The fourth-order valence-corrected chi connectivity index (χ4v) is 2.60. The summed E-state index contributed by atoms with van der Waals surface area (Å²) in [5, 5.41) is 5.55. The van der Waals surface area contributed by atoms with Crippen molar-refractivity contribution in [3.8, 4) is 0 Å². The number of halogens is 2. The van der Waals surface area contributed by atoms with Gasteiger partial charge in [-0.05, 0) is 35.9 Å². The topological polar surface area (TPSA) is 61.4 Å². The highest BCUT2D eigenvalue weighted by atomic mass is 79.9. The van der Waals surface area contributed by atoms with Crippen LogP contribution in [-0.2, 0) is 6.54 Å². The minimum absolute atomic E-state index is 0.262. The highest BCUT2D eigenvalue weighted by Crippen LogP contribution is 2.21. The van der Waals surface area contributed by atoms with Crippen LogP contribution < -0.4 is 10.6 Å². The molecule has 0 heterocycles. The largest absolute Gasteiger partial charge is 0.355 e. The van der Waals surface area contributed by atoms with Crippen LogP contribution in [0.15, 0.2) is 46.9 Å². The summed E-state index contributed by atoms with van der Waals surface area (Å²) >= 11 is 9.46. The summed E-state index contributed by atoms with van der Waals surface area (Å²) in [5.74, 6) is -0.273. The van der Waals surface area contributed by atoms with E-state index in [9.17, 15) is 9.59 Å². The molecule has 0 atom stereocenters. The van der Waals surface area contributed by atoms with Crippen LogP contribution in [0.5, 0.6) is 0 Å². The fourth-order valence-electron chi connectivity index (χ4n) is 2.07. The number of rotatable bonds is 4. The Kier molecular flexibility index (Phi) is 6.23. The van der Waals surface area contributed by atoms with Crippen molar-refractivity contribution < 1.29 is 9.59 Å². The van der Waals surface area contributed by atoms with Gasteiger partial charge in [0.05, 0.1) is 10.6 Å². The predicted octanol–water partition coefficient (Wildman–Crippen LogP) is 4.13. The second kappa shape index (κ2) is 8.17. The number of hydrogen-bond donors (Lipinski definition) is 2. The number of nitrogens with zero attached hydrogens (tertiary/aromatic N) is 1. The number of carbonyl (C=O) groups excluding carboxylic acids is 2. The Morgan fingerprint density at radius 1 is 1.17 bits per heavy atom. The molecule has 5 nitrogen and oxygen atoms in total. The van der Waals surface area contributed by atoms with Gasteiger partial charge < -0.3 is 15.5 Å². The van der Waals surface area contributed by atoms with Gasteiger partial charge >= 0.3 is 6.03 Å². The average Bonchev–Trinajstić information content (AvgIpc) is 2.56. The molecular formula is C17H17BrClN3O2. The Labute approximate surface area is 154 Å². The van der Waals surface area contributed by atoms with Gasteiger partial charge in [-0.2, -0.15) is 0 Å². The Hall–Kier alpha value is -2.05. The normalized spacial score (nSPS) is 10.2. The lowest BCUT2D eigenvalue weighted by Gasteiger charge is -2.18. The number of hydrogen-bond acceptors (Lipinski definition) is 2. The van der Waals surface area contributed by atoms with Crippen LogP contribution in [0.25, 0.3) is 0 Å².